The Balaban J connectivity index is 0.000000641. The maximum absolute atomic E-state index is 11.5. The summed E-state index contributed by atoms with van der Waals surface area (Å²) in [6, 6.07) is 14.7. The zero-order valence-electron chi connectivity index (χ0n) is 20.7. The van der Waals surface area contributed by atoms with Crippen LogP contribution in [0.4, 0.5) is 5.69 Å². The summed E-state index contributed by atoms with van der Waals surface area (Å²) in [4.78, 5) is 25.4. The molecule has 0 heterocycles. The molecule has 0 aliphatic heterocycles. The summed E-state index contributed by atoms with van der Waals surface area (Å²) in [7, 11) is 3.57. The topological polar surface area (TPSA) is 141 Å². The Bertz CT molecular complexity index is 867. The van der Waals surface area contributed by atoms with Gasteiger partial charge >= 0.3 is 0 Å². The SMILES string of the molecule is CC.CN=C(N)Nc1ccc(CNC)cc1.O=CCNC(=O)C(CO)NSCc1ccc(Cl)cc1. The summed E-state index contributed by atoms with van der Waals surface area (Å²) < 4.78 is 2.85. The number of hydrogen-bond donors (Lipinski definition) is 6. The van der Waals surface area contributed by atoms with Crippen LogP contribution in [0, 0.1) is 0 Å². The van der Waals surface area contributed by atoms with E-state index in [1.165, 1.54) is 17.5 Å². The van der Waals surface area contributed by atoms with Gasteiger partial charge in [0.2, 0.25) is 5.91 Å². The number of nitrogens with one attached hydrogen (secondary N) is 4. The van der Waals surface area contributed by atoms with Crippen molar-refractivity contribution in [1.29, 1.82) is 0 Å². The van der Waals surface area contributed by atoms with Crippen LogP contribution in [0.1, 0.15) is 25.0 Å². The number of guanidine groups is 1. The van der Waals surface area contributed by atoms with Crippen molar-refractivity contribution in [2.45, 2.75) is 32.2 Å². The first-order chi connectivity index (χ1) is 16.9. The van der Waals surface area contributed by atoms with Gasteiger partial charge in [-0.05, 0) is 42.4 Å². The van der Waals surface area contributed by atoms with Crippen molar-refractivity contribution < 1.29 is 14.7 Å². The van der Waals surface area contributed by atoms with Crippen molar-refractivity contribution >= 4 is 47.4 Å². The van der Waals surface area contributed by atoms with Gasteiger partial charge in [0.1, 0.15) is 12.3 Å². The van der Waals surface area contributed by atoms with Crippen LogP contribution < -0.4 is 26.4 Å². The number of nitrogens with two attached hydrogens (primary N) is 1. The van der Waals surface area contributed by atoms with Gasteiger partial charge < -0.3 is 31.6 Å². The number of benzene rings is 2. The lowest BCUT2D eigenvalue weighted by atomic mass is 10.2. The number of aliphatic imine (C=N–C) groups is 1. The second-order valence-corrected chi connectivity index (χ2v) is 7.89. The van der Waals surface area contributed by atoms with Gasteiger partial charge in [0.05, 0.1) is 13.2 Å². The minimum atomic E-state index is -0.739. The Morgan fingerprint density at radius 1 is 1.14 bits per heavy atom. The van der Waals surface area contributed by atoms with Gasteiger partial charge in [-0.3, -0.25) is 9.79 Å². The molecule has 9 nitrogen and oxygen atoms in total. The molecule has 35 heavy (non-hydrogen) atoms. The molecule has 2 rings (SSSR count). The van der Waals surface area contributed by atoms with E-state index in [-0.39, 0.29) is 13.2 Å². The first-order valence-corrected chi connectivity index (χ1v) is 12.5. The van der Waals surface area contributed by atoms with E-state index in [1.54, 1.807) is 19.2 Å². The number of amides is 1. The number of hydrogen-bond acceptors (Lipinski definition) is 7. The Morgan fingerprint density at radius 2 is 1.74 bits per heavy atom. The highest BCUT2D eigenvalue weighted by molar-refractivity contribution is 7.96. The maximum atomic E-state index is 11.5. The second kappa shape index (κ2) is 20.7. The number of carbonyl (C=O) groups is 2. The molecule has 194 valence electrons. The van der Waals surface area contributed by atoms with E-state index in [4.69, 9.17) is 22.4 Å². The molecule has 0 aliphatic rings. The predicted molar refractivity (Wildman–Crippen MR) is 148 cm³/mol. The van der Waals surface area contributed by atoms with Crippen molar-refractivity contribution in [3.05, 3.63) is 64.7 Å². The minimum Gasteiger partial charge on any atom is -0.394 e. The largest absolute Gasteiger partial charge is 0.394 e. The fourth-order valence-corrected chi connectivity index (χ4v) is 3.31. The smallest absolute Gasteiger partial charge is 0.240 e. The molecule has 1 atom stereocenters. The first kappa shape index (κ1) is 32.4. The van der Waals surface area contributed by atoms with Crippen LogP contribution in [-0.4, -0.2) is 56.5 Å². The molecule has 2 aromatic rings. The molecular formula is C24H37ClN6O3S. The highest BCUT2D eigenvalue weighted by Crippen LogP contribution is 2.14. The Hall–Kier alpha value is -2.63. The zero-order chi connectivity index (χ0) is 26.5. The number of anilines is 1. The Morgan fingerprint density at radius 3 is 2.26 bits per heavy atom. The molecule has 0 saturated carbocycles. The van der Waals surface area contributed by atoms with Crippen LogP contribution in [-0.2, 0) is 21.9 Å². The van der Waals surface area contributed by atoms with Crippen LogP contribution >= 0.6 is 23.5 Å². The molecule has 0 saturated heterocycles. The molecule has 11 heteroatoms. The summed E-state index contributed by atoms with van der Waals surface area (Å²) >= 11 is 7.08. The number of aliphatic hydroxyl groups excluding tert-OH is 1. The van der Waals surface area contributed by atoms with Crippen molar-refractivity contribution in [3.8, 4) is 0 Å². The molecular weight excluding hydrogens is 488 g/mol. The Labute approximate surface area is 217 Å². The fraction of sp³-hybridized carbons (Fsp3) is 0.375. The van der Waals surface area contributed by atoms with Crippen LogP contribution in [0.5, 0.6) is 0 Å². The van der Waals surface area contributed by atoms with E-state index in [1.807, 2.05) is 57.3 Å². The molecule has 0 aliphatic carbocycles. The van der Waals surface area contributed by atoms with E-state index in [0.29, 0.717) is 23.0 Å². The minimum absolute atomic E-state index is 0.0567. The van der Waals surface area contributed by atoms with E-state index < -0.39 is 11.9 Å². The molecule has 0 spiro atoms. The van der Waals surface area contributed by atoms with Crippen molar-refractivity contribution in [1.82, 2.24) is 15.4 Å². The third-order valence-corrected chi connectivity index (χ3v) is 5.27. The highest BCUT2D eigenvalue weighted by Gasteiger charge is 2.16. The summed E-state index contributed by atoms with van der Waals surface area (Å²) in [5.41, 5.74) is 8.77. The maximum Gasteiger partial charge on any atom is 0.240 e. The summed E-state index contributed by atoms with van der Waals surface area (Å²) in [5, 5.41) is 18.2. The van der Waals surface area contributed by atoms with Gasteiger partial charge in [0.25, 0.3) is 0 Å². The van der Waals surface area contributed by atoms with Crippen molar-refractivity contribution in [2.75, 3.05) is 32.6 Å². The summed E-state index contributed by atoms with van der Waals surface area (Å²) in [6.07, 6.45) is 0.590. The monoisotopic (exact) mass is 524 g/mol. The van der Waals surface area contributed by atoms with Crippen molar-refractivity contribution in [3.63, 3.8) is 0 Å². The highest BCUT2D eigenvalue weighted by atomic mass is 35.5. The molecule has 0 bridgehead atoms. The average Bonchev–Trinajstić information content (AvgIpc) is 2.89. The average molecular weight is 525 g/mol. The zero-order valence-corrected chi connectivity index (χ0v) is 22.2. The lowest BCUT2D eigenvalue weighted by Gasteiger charge is -2.14. The molecule has 1 amide bonds. The number of halogens is 1. The predicted octanol–water partition coefficient (Wildman–Crippen LogP) is 2.54. The van der Waals surface area contributed by atoms with E-state index in [0.717, 1.165) is 17.8 Å². The van der Waals surface area contributed by atoms with E-state index in [2.05, 4.69) is 25.7 Å². The lowest BCUT2D eigenvalue weighted by molar-refractivity contribution is -0.124. The Kier molecular flexibility index (Phi) is 19.2. The van der Waals surface area contributed by atoms with E-state index in [9.17, 15) is 9.59 Å². The van der Waals surface area contributed by atoms with Gasteiger partial charge in [-0.2, -0.15) is 0 Å². The van der Waals surface area contributed by atoms with Crippen LogP contribution in [0.2, 0.25) is 5.02 Å². The second-order valence-electron chi connectivity index (χ2n) is 6.64. The fourth-order valence-electron chi connectivity index (χ4n) is 2.36. The molecule has 0 radical (unpaired) electrons. The number of aliphatic hydroxyl groups is 1. The third-order valence-electron chi connectivity index (χ3n) is 4.08. The normalized spacial score (nSPS) is 11.2. The van der Waals surface area contributed by atoms with Crippen LogP contribution in [0.15, 0.2) is 53.5 Å². The quantitative estimate of drug-likeness (QED) is 0.114. The number of carbonyl (C=O) groups excluding carboxylic acids is 2. The molecule has 7 N–H and O–H groups in total. The summed E-state index contributed by atoms with van der Waals surface area (Å²) in [5.74, 6) is 0.652. The summed E-state index contributed by atoms with van der Waals surface area (Å²) in [6.45, 7) is 4.48. The standard InChI is InChI=1S/C12H15ClN2O3S.C10H16N4.C2H6/c13-10-3-1-9(2-4-10)8-19-15-11(7-17)12(18)14-5-6-16;1-12-7-8-3-5-9(6-4-8)14-10(11)13-2;1-2/h1-4,6,11,15,17H,5,7-8H2,(H,14,18);3-6,12H,7H2,1-2H3,(H3,11,13,14);1-2H3. The van der Waals surface area contributed by atoms with Crippen LogP contribution in [0.25, 0.3) is 0 Å². The molecule has 0 fully saturated rings. The number of aldehydes is 1. The molecule has 0 aromatic heterocycles. The van der Waals surface area contributed by atoms with Gasteiger partial charge in [0.15, 0.2) is 5.96 Å². The lowest BCUT2D eigenvalue weighted by Crippen LogP contribution is -2.44. The van der Waals surface area contributed by atoms with Gasteiger partial charge in [0, 0.05) is 30.1 Å². The van der Waals surface area contributed by atoms with Gasteiger partial charge in [-0.1, -0.05) is 61.7 Å². The first-order valence-electron chi connectivity index (χ1n) is 11.1. The molecule has 2 aromatic carbocycles. The molecule has 1 unspecified atom stereocenters. The number of nitrogens with zero attached hydrogens (tertiary/aromatic N) is 1. The van der Waals surface area contributed by atoms with E-state index >= 15 is 0 Å². The van der Waals surface area contributed by atoms with Gasteiger partial charge in [-0.25, -0.2) is 4.72 Å². The third kappa shape index (κ3) is 15.1. The van der Waals surface area contributed by atoms with Crippen LogP contribution in [0.3, 0.4) is 0 Å². The number of rotatable bonds is 11. The van der Waals surface area contributed by atoms with Crippen molar-refractivity contribution in [2.24, 2.45) is 10.7 Å². The van der Waals surface area contributed by atoms with Gasteiger partial charge in [-0.15, -0.1) is 0 Å².